The molecule has 2 N–H and O–H groups in total. The van der Waals surface area contributed by atoms with Crippen molar-refractivity contribution >= 4 is 22.4 Å². The number of aromatic amines is 1. The van der Waals surface area contributed by atoms with Gasteiger partial charge < -0.3 is 15.0 Å². The van der Waals surface area contributed by atoms with Crippen LogP contribution in [-0.2, 0) is 0 Å². The molecule has 0 amide bonds. The summed E-state index contributed by atoms with van der Waals surface area (Å²) in [6, 6.07) is 18.2. The third-order valence-electron chi connectivity index (χ3n) is 2.88. The number of hydrogen-bond acceptors (Lipinski definition) is 2. The topological polar surface area (TPSA) is 37.0 Å². The predicted molar refractivity (Wildman–Crippen MR) is 74.6 cm³/mol. The van der Waals surface area contributed by atoms with Gasteiger partial charge in [0.15, 0.2) is 0 Å². The Hall–Kier alpha value is -2.42. The van der Waals surface area contributed by atoms with Crippen LogP contribution in [0.3, 0.4) is 0 Å². The van der Waals surface area contributed by atoms with Crippen molar-refractivity contribution in [1.29, 1.82) is 0 Å². The fourth-order valence-electron chi connectivity index (χ4n) is 2.00. The molecular weight excluding hydrogens is 224 g/mol. The van der Waals surface area contributed by atoms with Crippen molar-refractivity contribution in [3.63, 3.8) is 0 Å². The number of hydrogen-bond donors (Lipinski definition) is 2. The first-order valence-corrected chi connectivity index (χ1v) is 5.84. The van der Waals surface area contributed by atoms with E-state index < -0.39 is 0 Å². The minimum absolute atomic E-state index is 0.844. The molecule has 3 rings (SSSR count). The molecule has 0 bridgehead atoms. The number of rotatable bonds is 3. The zero-order valence-electron chi connectivity index (χ0n) is 10.1. The molecule has 3 nitrogen and oxygen atoms in total. The Labute approximate surface area is 105 Å². The molecule has 0 radical (unpaired) electrons. The number of nitrogens with one attached hydrogen (secondary N) is 2. The number of para-hydroxylation sites is 1. The van der Waals surface area contributed by atoms with Crippen LogP contribution in [0, 0.1) is 0 Å². The first-order chi connectivity index (χ1) is 8.85. The van der Waals surface area contributed by atoms with Gasteiger partial charge in [0.1, 0.15) is 11.6 Å². The van der Waals surface area contributed by atoms with E-state index in [1.807, 2.05) is 36.4 Å². The van der Waals surface area contributed by atoms with Crippen molar-refractivity contribution in [3.05, 3.63) is 54.6 Å². The quantitative estimate of drug-likeness (QED) is 0.725. The maximum Gasteiger partial charge on any atom is 0.120 e. The highest BCUT2D eigenvalue weighted by Gasteiger charge is 2.01. The van der Waals surface area contributed by atoms with Crippen LogP contribution in [0.5, 0.6) is 5.75 Å². The van der Waals surface area contributed by atoms with Gasteiger partial charge in [-0.25, -0.2) is 0 Å². The molecule has 1 heterocycles. The summed E-state index contributed by atoms with van der Waals surface area (Å²) in [5.74, 6) is 1.82. The van der Waals surface area contributed by atoms with Crippen LogP contribution in [0.15, 0.2) is 54.6 Å². The molecule has 3 heteroatoms. The summed E-state index contributed by atoms with van der Waals surface area (Å²) in [6.45, 7) is 0. The molecule has 0 aliphatic rings. The van der Waals surface area contributed by atoms with Crippen molar-refractivity contribution in [2.24, 2.45) is 0 Å². The average molecular weight is 238 g/mol. The van der Waals surface area contributed by atoms with Gasteiger partial charge in [0.25, 0.3) is 0 Å². The molecule has 0 fully saturated rings. The lowest BCUT2D eigenvalue weighted by atomic mass is 10.2. The number of fused-ring (bicyclic) bond motifs is 1. The molecule has 2 aromatic carbocycles. The summed E-state index contributed by atoms with van der Waals surface area (Å²) in [7, 11) is 1.67. The molecule has 18 heavy (non-hydrogen) atoms. The van der Waals surface area contributed by atoms with Crippen LogP contribution < -0.4 is 10.1 Å². The molecule has 3 aromatic rings. The summed E-state index contributed by atoms with van der Waals surface area (Å²) >= 11 is 0. The monoisotopic (exact) mass is 238 g/mol. The van der Waals surface area contributed by atoms with Crippen molar-refractivity contribution in [3.8, 4) is 5.75 Å². The molecule has 0 saturated heterocycles. The second-order valence-electron chi connectivity index (χ2n) is 4.13. The Kier molecular flexibility index (Phi) is 2.65. The number of anilines is 2. The Morgan fingerprint density at radius 3 is 2.72 bits per heavy atom. The van der Waals surface area contributed by atoms with E-state index in [4.69, 9.17) is 4.74 Å². The Morgan fingerprint density at radius 1 is 1.00 bits per heavy atom. The molecule has 90 valence electrons. The Balaban J connectivity index is 1.91. The van der Waals surface area contributed by atoms with Gasteiger partial charge in [-0.3, -0.25) is 0 Å². The maximum absolute atomic E-state index is 5.20. The summed E-state index contributed by atoms with van der Waals surface area (Å²) in [6.07, 6.45) is 0. The number of methoxy groups -OCH3 is 1. The second-order valence-corrected chi connectivity index (χ2v) is 4.13. The van der Waals surface area contributed by atoms with Crippen molar-refractivity contribution in [2.75, 3.05) is 12.4 Å². The van der Waals surface area contributed by atoms with Gasteiger partial charge in [-0.15, -0.1) is 0 Å². The third-order valence-corrected chi connectivity index (χ3v) is 2.88. The largest absolute Gasteiger partial charge is 0.497 e. The van der Waals surface area contributed by atoms with Gasteiger partial charge in [-0.2, -0.15) is 0 Å². The molecule has 0 aliphatic heterocycles. The minimum Gasteiger partial charge on any atom is -0.497 e. The molecule has 0 atom stereocenters. The van der Waals surface area contributed by atoms with E-state index in [1.54, 1.807) is 7.11 Å². The highest BCUT2D eigenvalue weighted by Crippen LogP contribution is 2.23. The number of aromatic nitrogens is 1. The SMILES string of the molecule is COc1cccc(Nc2cc3ccccc3[nH]2)c1. The van der Waals surface area contributed by atoms with Crippen molar-refractivity contribution in [2.45, 2.75) is 0 Å². The fraction of sp³-hybridized carbons (Fsp3) is 0.0667. The van der Waals surface area contributed by atoms with Crippen LogP contribution >= 0.6 is 0 Å². The highest BCUT2D eigenvalue weighted by molar-refractivity contribution is 5.84. The smallest absolute Gasteiger partial charge is 0.120 e. The third kappa shape index (κ3) is 2.02. The molecule has 1 aromatic heterocycles. The van der Waals surface area contributed by atoms with Crippen molar-refractivity contribution < 1.29 is 4.74 Å². The van der Waals surface area contributed by atoms with Gasteiger partial charge in [0, 0.05) is 22.7 Å². The summed E-state index contributed by atoms with van der Waals surface area (Å²) in [5, 5.41) is 4.53. The molecule has 0 spiro atoms. The van der Waals surface area contributed by atoms with Gasteiger partial charge in [0.05, 0.1) is 7.11 Å². The van der Waals surface area contributed by atoms with Gasteiger partial charge in [0.2, 0.25) is 0 Å². The zero-order chi connectivity index (χ0) is 12.4. The fourth-order valence-corrected chi connectivity index (χ4v) is 2.00. The maximum atomic E-state index is 5.20. The summed E-state index contributed by atoms with van der Waals surface area (Å²) < 4.78 is 5.20. The van der Waals surface area contributed by atoms with Gasteiger partial charge >= 0.3 is 0 Å². The normalized spacial score (nSPS) is 10.5. The number of H-pyrrole nitrogens is 1. The Morgan fingerprint density at radius 2 is 1.89 bits per heavy atom. The first kappa shape index (κ1) is 10.7. The average Bonchev–Trinajstić information content (AvgIpc) is 2.81. The lowest BCUT2D eigenvalue weighted by Crippen LogP contribution is -1.91. The van der Waals surface area contributed by atoms with Crippen LogP contribution in [0.4, 0.5) is 11.5 Å². The van der Waals surface area contributed by atoms with E-state index in [1.165, 1.54) is 5.39 Å². The van der Waals surface area contributed by atoms with E-state index >= 15 is 0 Å². The number of benzene rings is 2. The lowest BCUT2D eigenvalue weighted by Gasteiger charge is -2.05. The van der Waals surface area contributed by atoms with E-state index in [9.17, 15) is 0 Å². The van der Waals surface area contributed by atoms with Gasteiger partial charge in [-0.1, -0.05) is 24.3 Å². The Bertz CT molecular complexity index is 640. The van der Waals surface area contributed by atoms with E-state index in [2.05, 4.69) is 28.5 Å². The molecule has 0 saturated carbocycles. The zero-order valence-corrected chi connectivity index (χ0v) is 10.1. The second kappa shape index (κ2) is 4.45. The van der Waals surface area contributed by atoms with Crippen LogP contribution in [0.1, 0.15) is 0 Å². The van der Waals surface area contributed by atoms with E-state index in [0.717, 1.165) is 22.8 Å². The van der Waals surface area contributed by atoms with Crippen LogP contribution in [0.2, 0.25) is 0 Å². The molecular formula is C15H14N2O. The minimum atomic E-state index is 0.844. The first-order valence-electron chi connectivity index (χ1n) is 5.84. The predicted octanol–water partition coefficient (Wildman–Crippen LogP) is 3.92. The lowest BCUT2D eigenvalue weighted by molar-refractivity contribution is 0.415. The number of ether oxygens (including phenoxy) is 1. The molecule has 0 aliphatic carbocycles. The van der Waals surface area contributed by atoms with Crippen LogP contribution in [0.25, 0.3) is 10.9 Å². The highest BCUT2D eigenvalue weighted by atomic mass is 16.5. The van der Waals surface area contributed by atoms with Crippen LogP contribution in [-0.4, -0.2) is 12.1 Å². The van der Waals surface area contributed by atoms with Gasteiger partial charge in [-0.05, 0) is 24.3 Å². The van der Waals surface area contributed by atoms with E-state index in [-0.39, 0.29) is 0 Å². The summed E-state index contributed by atoms with van der Waals surface area (Å²) in [5.41, 5.74) is 2.13. The van der Waals surface area contributed by atoms with Crippen molar-refractivity contribution in [1.82, 2.24) is 4.98 Å². The standard InChI is InChI=1S/C15H14N2O/c1-18-13-7-4-6-12(10-13)16-15-9-11-5-2-3-8-14(11)17-15/h2-10,16-17H,1H3. The summed E-state index contributed by atoms with van der Waals surface area (Å²) in [4.78, 5) is 3.33. The van der Waals surface area contributed by atoms with E-state index in [0.29, 0.717) is 0 Å². The molecule has 0 unspecified atom stereocenters.